The summed E-state index contributed by atoms with van der Waals surface area (Å²) >= 11 is 0. The molecule has 112 valence electrons. The second-order valence-corrected chi connectivity index (χ2v) is 6.92. The fraction of sp³-hybridized carbons (Fsp3) is 0.533. The van der Waals surface area contributed by atoms with Crippen molar-refractivity contribution >= 4 is 16.7 Å². The van der Waals surface area contributed by atoms with Crippen molar-refractivity contribution in [2.75, 3.05) is 12.8 Å². The van der Waals surface area contributed by atoms with E-state index in [9.17, 15) is 9.00 Å². The highest BCUT2D eigenvalue weighted by molar-refractivity contribution is 7.84. The normalized spacial score (nSPS) is 17.0. The highest BCUT2D eigenvalue weighted by atomic mass is 32.2. The predicted molar refractivity (Wildman–Crippen MR) is 83.7 cm³/mol. The minimum Gasteiger partial charge on any atom is -0.356 e. The van der Waals surface area contributed by atoms with Gasteiger partial charge in [0.15, 0.2) is 0 Å². The lowest BCUT2D eigenvalue weighted by Gasteiger charge is -2.20. The minimum atomic E-state index is -0.850. The summed E-state index contributed by atoms with van der Waals surface area (Å²) in [5.74, 6) is -0.352. The van der Waals surface area contributed by atoms with Crippen molar-refractivity contribution in [3.05, 3.63) is 35.9 Å². The van der Waals surface area contributed by atoms with Gasteiger partial charge in [0.1, 0.15) is 0 Å². The zero-order valence-corrected chi connectivity index (χ0v) is 13.2. The van der Waals surface area contributed by atoms with Gasteiger partial charge in [0.25, 0.3) is 0 Å². The second kappa shape index (κ2) is 8.17. The van der Waals surface area contributed by atoms with E-state index in [-0.39, 0.29) is 23.1 Å². The van der Waals surface area contributed by atoms with Crippen molar-refractivity contribution in [2.45, 2.75) is 31.6 Å². The summed E-state index contributed by atoms with van der Waals surface area (Å²) in [5.41, 5.74) is 7.07. The Balaban J connectivity index is 2.45. The third-order valence-corrected chi connectivity index (χ3v) is 4.92. The molecule has 1 rings (SSSR count). The monoisotopic (exact) mass is 296 g/mol. The van der Waals surface area contributed by atoms with Crippen LogP contribution < -0.4 is 11.1 Å². The molecule has 0 radical (unpaired) electrons. The van der Waals surface area contributed by atoms with E-state index in [1.54, 1.807) is 6.26 Å². The maximum absolute atomic E-state index is 12.0. The molecular formula is C15H24N2O2S. The number of amides is 1. The molecule has 0 bridgehead atoms. The van der Waals surface area contributed by atoms with Crippen LogP contribution >= 0.6 is 0 Å². The number of carbonyl (C=O) groups is 1. The average Bonchev–Trinajstić information content (AvgIpc) is 2.46. The Hall–Kier alpha value is -1.20. The molecule has 3 N–H and O–H groups in total. The smallest absolute Gasteiger partial charge is 0.224 e. The van der Waals surface area contributed by atoms with E-state index in [0.29, 0.717) is 13.0 Å². The van der Waals surface area contributed by atoms with Gasteiger partial charge in [-0.15, -0.1) is 0 Å². The van der Waals surface area contributed by atoms with Gasteiger partial charge in [-0.1, -0.05) is 44.2 Å². The van der Waals surface area contributed by atoms with Crippen LogP contribution in [0.5, 0.6) is 0 Å². The molecule has 1 aromatic rings. The van der Waals surface area contributed by atoms with Crippen LogP contribution in [0.15, 0.2) is 30.3 Å². The van der Waals surface area contributed by atoms with Gasteiger partial charge in [-0.05, 0) is 12.0 Å². The summed E-state index contributed by atoms with van der Waals surface area (Å²) < 4.78 is 11.2. The molecule has 4 atom stereocenters. The van der Waals surface area contributed by atoms with Gasteiger partial charge in [0, 0.05) is 34.9 Å². The topological polar surface area (TPSA) is 72.2 Å². The Kier molecular flexibility index (Phi) is 6.88. The van der Waals surface area contributed by atoms with E-state index in [1.807, 2.05) is 44.2 Å². The first kappa shape index (κ1) is 16.9. The first-order chi connectivity index (χ1) is 9.43. The molecule has 1 aromatic carbocycles. The van der Waals surface area contributed by atoms with Crippen LogP contribution in [0, 0.1) is 5.92 Å². The molecular weight excluding hydrogens is 272 g/mol. The highest BCUT2D eigenvalue weighted by Crippen LogP contribution is 2.18. The van der Waals surface area contributed by atoms with Crippen molar-refractivity contribution < 1.29 is 9.00 Å². The molecule has 5 heteroatoms. The van der Waals surface area contributed by atoms with Crippen LogP contribution in [0.3, 0.4) is 0 Å². The number of benzene rings is 1. The number of nitrogens with two attached hydrogens (primary N) is 1. The van der Waals surface area contributed by atoms with Gasteiger partial charge < -0.3 is 11.1 Å². The zero-order chi connectivity index (χ0) is 15.1. The van der Waals surface area contributed by atoms with Crippen molar-refractivity contribution in [3.63, 3.8) is 0 Å². The Labute approximate surface area is 123 Å². The number of carbonyl (C=O) groups excluding carboxylic acids is 1. The van der Waals surface area contributed by atoms with Crippen LogP contribution in [0.1, 0.15) is 31.9 Å². The van der Waals surface area contributed by atoms with Gasteiger partial charge in [-0.3, -0.25) is 9.00 Å². The maximum Gasteiger partial charge on any atom is 0.224 e. The van der Waals surface area contributed by atoms with Gasteiger partial charge in [-0.25, -0.2) is 0 Å². The molecule has 0 fully saturated rings. The summed E-state index contributed by atoms with van der Waals surface area (Å²) in [6.45, 7) is 4.28. The van der Waals surface area contributed by atoms with Gasteiger partial charge in [0.2, 0.25) is 5.91 Å². The van der Waals surface area contributed by atoms with E-state index in [1.165, 1.54) is 0 Å². The van der Waals surface area contributed by atoms with Crippen molar-refractivity contribution in [1.82, 2.24) is 5.32 Å². The van der Waals surface area contributed by atoms with Crippen LogP contribution in [-0.4, -0.2) is 28.2 Å². The number of hydrogen-bond acceptors (Lipinski definition) is 3. The van der Waals surface area contributed by atoms with Crippen LogP contribution in [-0.2, 0) is 15.6 Å². The summed E-state index contributed by atoms with van der Waals surface area (Å²) in [6.07, 6.45) is 2.39. The average molecular weight is 296 g/mol. The summed E-state index contributed by atoms with van der Waals surface area (Å²) in [7, 11) is -0.850. The minimum absolute atomic E-state index is 0.0598. The molecule has 0 heterocycles. The molecule has 0 saturated carbocycles. The molecule has 4 nitrogen and oxygen atoms in total. The molecule has 0 aliphatic rings. The quantitative estimate of drug-likeness (QED) is 0.802. The maximum atomic E-state index is 12.0. The Bertz CT molecular complexity index is 450. The van der Waals surface area contributed by atoms with E-state index >= 15 is 0 Å². The van der Waals surface area contributed by atoms with Gasteiger partial charge in [-0.2, -0.15) is 0 Å². The fourth-order valence-corrected chi connectivity index (χ4v) is 2.30. The zero-order valence-electron chi connectivity index (χ0n) is 12.3. The van der Waals surface area contributed by atoms with Crippen LogP contribution in [0.2, 0.25) is 0 Å². The Morgan fingerprint density at radius 1 is 1.30 bits per heavy atom. The second-order valence-electron chi connectivity index (χ2n) is 5.11. The lowest BCUT2D eigenvalue weighted by atomic mass is 9.94. The third-order valence-electron chi connectivity index (χ3n) is 3.55. The van der Waals surface area contributed by atoms with Crippen molar-refractivity contribution in [2.24, 2.45) is 11.7 Å². The molecule has 0 aromatic heterocycles. The first-order valence-electron chi connectivity index (χ1n) is 6.84. The number of hydrogen-bond donors (Lipinski definition) is 2. The summed E-state index contributed by atoms with van der Waals surface area (Å²) in [4.78, 5) is 12.0. The third kappa shape index (κ3) is 5.06. The Morgan fingerprint density at radius 2 is 1.90 bits per heavy atom. The number of nitrogens with one attached hydrogen (secondary N) is 1. The molecule has 0 saturated heterocycles. The molecule has 0 aliphatic heterocycles. The SMILES string of the molecule is CC(C(=O)NCCC(C)S(C)=O)C(N)c1ccccc1. The van der Waals surface area contributed by atoms with Crippen LogP contribution in [0.4, 0.5) is 0 Å². The lowest BCUT2D eigenvalue weighted by Crippen LogP contribution is -2.36. The standard InChI is InChI=1S/C15H24N2O2S/c1-11(20(3)19)9-10-17-15(18)12(2)14(16)13-7-5-4-6-8-13/h4-8,11-12,14H,9-10,16H2,1-3H3,(H,17,18). The molecule has 0 spiro atoms. The van der Waals surface area contributed by atoms with E-state index in [2.05, 4.69) is 5.32 Å². The summed E-state index contributed by atoms with van der Waals surface area (Å²) in [5, 5.41) is 2.96. The van der Waals surface area contributed by atoms with E-state index in [0.717, 1.165) is 5.56 Å². The number of rotatable bonds is 7. The van der Waals surface area contributed by atoms with E-state index in [4.69, 9.17) is 5.73 Å². The van der Waals surface area contributed by atoms with Crippen LogP contribution in [0.25, 0.3) is 0 Å². The van der Waals surface area contributed by atoms with Crippen molar-refractivity contribution in [3.8, 4) is 0 Å². The fourth-order valence-electron chi connectivity index (χ4n) is 1.85. The molecule has 4 unspecified atom stereocenters. The van der Waals surface area contributed by atoms with Gasteiger partial charge >= 0.3 is 0 Å². The lowest BCUT2D eigenvalue weighted by molar-refractivity contribution is -0.125. The highest BCUT2D eigenvalue weighted by Gasteiger charge is 2.21. The molecule has 20 heavy (non-hydrogen) atoms. The van der Waals surface area contributed by atoms with E-state index < -0.39 is 10.8 Å². The largest absolute Gasteiger partial charge is 0.356 e. The first-order valence-corrected chi connectivity index (χ1v) is 8.46. The Morgan fingerprint density at radius 3 is 2.45 bits per heavy atom. The van der Waals surface area contributed by atoms with Gasteiger partial charge in [0.05, 0.1) is 5.92 Å². The molecule has 1 amide bonds. The molecule has 0 aliphatic carbocycles. The summed E-state index contributed by atoms with van der Waals surface area (Å²) in [6, 6.07) is 9.30. The van der Waals surface area contributed by atoms with Crippen molar-refractivity contribution in [1.29, 1.82) is 0 Å². The predicted octanol–water partition coefficient (Wildman–Crippen LogP) is 1.60.